The monoisotopic (exact) mass is 522 g/mol. The first-order chi connectivity index (χ1) is 17.9. The molecule has 1 aliphatic heterocycles. The van der Waals surface area contributed by atoms with Crippen LogP contribution in [-0.2, 0) is 14.3 Å². The summed E-state index contributed by atoms with van der Waals surface area (Å²) in [5.74, 6) is -0.00751. The third-order valence-corrected chi connectivity index (χ3v) is 7.94. The Hall–Kier alpha value is -3.73. The third-order valence-electron chi connectivity index (χ3n) is 6.86. The van der Waals surface area contributed by atoms with Gasteiger partial charge in [-0.1, -0.05) is 25.0 Å². The van der Waals surface area contributed by atoms with Gasteiger partial charge in [0.2, 0.25) is 17.8 Å². The minimum Gasteiger partial charge on any atom is -0.465 e. The van der Waals surface area contributed by atoms with Gasteiger partial charge in [0.05, 0.1) is 24.7 Å². The number of amides is 2. The van der Waals surface area contributed by atoms with E-state index in [0.29, 0.717) is 35.6 Å². The van der Waals surface area contributed by atoms with Gasteiger partial charge in [-0.05, 0) is 42.8 Å². The van der Waals surface area contributed by atoms with Gasteiger partial charge >= 0.3 is 5.97 Å². The second kappa shape index (κ2) is 10.7. The zero-order chi connectivity index (χ0) is 25.9. The van der Waals surface area contributed by atoms with Crippen molar-refractivity contribution in [2.75, 3.05) is 35.7 Å². The first kappa shape index (κ1) is 24.9. The quantitative estimate of drug-likeness (QED) is 0.403. The molecule has 2 aromatic heterocycles. The molecule has 2 fully saturated rings. The van der Waals surface area contributed by atoms with Crippen molar-refractivity contribution in [1.29, 1.82) is 0 Å². The molecule has 1 saturated heterocycles. The van der Waals surface area contributed by atoms with Crippen LogP contribution >= 0.6 is 11.3 Å². The molecular weight excluding hydrogens is 492 g/mol. The van der Waals surface area contributed by atoms with Crippen LogP contribution < -0.4 is 20.9 Å². The molecule has 1 atom stereocenters. The van der Waals surface area contributed by atoms with Crippen molar-refractivity contribution in [1.82, 2.24) is 15.3 Å². The van der Waals surface area contributed by atoms with E-state index >= 15 is 0 Å². The number of hydrogen-bond acceptors (Lipinski definition) is 9. The van der Waals surface area contributed by atoms with Gasteiger partial charge in [-0.2, -0.15) is 4.98 Å². The van der Waals surface area contributed by atoms with E-state index in [-0.39, 0.29) is 18.2 Å². The summed E-state index contributed by atoms with van der Waals surface area (Å²) in [7, 11) is 1.30. The number of methoxy groups -OCH3 is 1. The highest BCUT2D eigenvalue weighted by Gasteiger charge is 2.34. The van der Waals surface area contributed by atoms with E-state index in [1.807, 2.05) is 24.3 Å². The van der Waals surface area contributed by atoms with Crippen LogP contribution in [0.4, 0.5) is 17.5 Å². The number of piperazine rings is 1. The molecule has 1 aromatic carbocycles. The van der Waals surface area contributed by atoms with Crippen LogP contribution in [0.15, 0.2) is 29.6 Å². The molecule has 0 spiro atoms. The predicted molar refractivity (Wildman–Crippen MR) is 143 cm³/mol. The molecule has 11 heteroatoms. The Labute approximate surface area is 218 Å². The van der Waals surface area contributed by atoms with Crippen LogP contribution in [0.25, 0.3) is 10.9 Å². The van der Waals surface area contributed by atoms with Gasteiger partial charge in [0.1, 0.15) is 16.7 Å². The number of anilines is 3. The molecule has 3 heterocycles. The fourth-order valence-electron chi connectivity index (χ4n) is 4.93. The zero-order valence-electron chi connectivity index (χ0n) is 20.9. The van der Waals surface area contributed by atoms with Crippen molar-refractivity contribution in [2.24, 2.45) is 0 Å². The third kappa shape index (κ3) is 5.22. The Morgan fingerprint density at radius 1 is 1.22 bits per heavy atom. The summed E-state index contributed by atoms with van der Waals surface area (Å²) in [6.45, 7) is 2.70. The second-order valence-electron chi connectivity index (χ2n) is 9.38. The molecular formula is C26H30N6O4S. The molecule has 37 heavy (non-hydrogen) atoms. The Balaban J connectivity index is 1.42. The van der Waals surface area contributed by atoms with E-state index < -0.39 is 12.0 Å². The van der Waals surface area contributed by atoms with Gasteiger partial charge in [-0.15, -0.1) is 11.3 Å². The fourth-order valence-corrected chi connectivity index (χ4v) is 5.85. The number of rotatable bonds is 7. The topological polar surface area (TPSA) is 126 Å². The molecule has 1 unspecified atom stereocenters. The van der Waals surface area contributed by atoms with E-state index in [0.717, 1.165) is 35.1 Å². The number of ether oxygens (including phenoxy) is 1. The van der Waals surface area contributed by atoms with Crippen LogP contribution in [0, 0.1) is 6.92 Å². The number of benzene rings is 1. The lowest BCUT2D eigenvalue weighted by molar-refractivity contribution is -0.126. The molecule has 1 saturated carbocycles. The zero-order valence-corrected chi connectivity index (χ0v) is 21.7. The number of carbonyl (C=O) groups is 3. The van der Waals surface area contributed by atoms with Crippen molar-refractivity contribution in [3.63, 3.8) is 0 Å². The molecule has 3 aromatic rings. The van der Waals surface area contributed by atoms with Gasteiger partial charge in [-0.3, -0.25) is 9.59 Å². The molecule has 5 rings (SSSR count). The highest BCUT2D eigenvalue weighted by Crippen LogP contribution is 2.31. The molecule has 194 valence electrons. The standard InChI is InChI=1S/C26H30N6O4S/c1-15-14-37-22(25(35)36-2)21(15)30-20(33)13-19-24(34)27-11-12-32(19)26-29-18-10-6-5-9-17(18)23(31-26)28-16-7-3-4-8-16/h5-6,9-10,14,16,19H,3-4,7-8,11-13H2,1-2H3,(H,27,34)(H,30,33)(H,28,29,31). The normalized spacial score (nSPS) is 18.1. The summed E-state index contributed by atoms with van der Waals surface area (Å²) < 4.78 is 4.83. The first-order valence-electron chi connectivity index (χ1n) is 12.5. The summed E-state index contributed by atoms with van der Waals surface area (Å²) in [6, 6.07) is 7.37. The van der Waals surface area contributed by atoms with E-state index in [9.17, 15) is 14.4 Å². The van der Waals surface area contributed by atoms with Crippen molar-refractivity contribution < 1.29 is 19.1 Å². The number of carbonyl (C=O) groups excluding carboxylic acids is 3. The molecule has 3 N–H and O–H groups in total. The number of aromatic nitrogens is 2. The maximum Gasteiger partial charge on any atom is 0.350 e. The maximum atomic E-state index is 13.1. The van der Waals surface area contributed by atoms with Crippen LogP contribution in [0.5, 0.6) is 0 Å². The number of fused-ring (bicyclic) bond motifs is 1. The van der Waals surface area contributed by atoms with Gasteiger partial charge in [0.25, 0.3) is 0 Å². The summed E-state index contributed by atoms with van der Waals surface area (Å²) in [6.07, 6.45) is 4.45. The predicted octanol–water partition coefficient (Wildman–Crippen LogP) is 3.47. The minimum absolute atomic E-state index is 0.122. The Bertz CT molecular complexity index is 1340. The van der Waals surface area contributed by atoms with Crippen molar-refractivity contribution >= 4 is 57.5 Å². The smallest absolute Gasteiger partial charge is 0.350 e. The van der Waals surface area contributed by atoms with Crippen molar-refractivity contribution in [3.8, 4) is 0 Å². The average molecular weight is 523 g/mol. The Morgan fingerprint density at radius 3 is 2.78 bits per heavy atom. The number of thiophene rings is 1. The van der Waals surface area contributed by atoms with Crippen LogP contribution in [0.1, 0.15) is 47.3 Å². The van der Waals surface area contributed by atoms with E-state index in [2.05, 4.69) is 16.0 Å². The molecule has 10 nitrogen and oxygen atoms in total. The van der Waals surface area contributed by atoms with Gasteiger partial charge in [-0.25, -0.2) is 9.78 Å². The Morgan fingerprint density at radius 2 is 2.00 bits per heavy atom. The number of nitrogens with one attached hydrogen (secondary N) is 3. The average Bonchev–Trinajstić information content (AvgIpc) is 3.54. The number of hydrogen-bond donors (Lipinski definition) is 3. The van der Waals surface area contributed by atoms with Crippen molar-refractivity contribution in [3.05, 3.63) is 40.1 Å². The van der Waals surface area contributed by atoms with Crippen LogP contribution in [0.2, 0.25) is 0 Å². The Kier molecular flexibility index (Phi) is 7.22. The summed E-state index contributed by atoms with van der Waals surface area (Å²) in [5.41, 5.74) is 1.94. The van der Waals surface area contributed by atoms with E-state index in [1.54, 1.807) is 17.2 Å². The molecule has 2 aliphatic rings. The lowest BCUT2D eigenvalue weighted by atomic mass is 10.1. The molecule has 1 aliphatic carbocycles. The van der Waals surface area contributed by atoms with Crippen molar-refractivity contribution in [2.45, 2.75) is 51.1 Å². The lowest BCUT2D eigenvalue weighted by Crippen LogP contribution is -2.57. The van der Waals surface area contributed by atoms with Gasteiger partial charge < -0.3 is 25.6 Å². The molecule has 0 bridgehead atoms. The van der Waals surface area contributed by atoms with E-state index in [1.165, 1.54) is 31.3 Å². The number of para-hydroxylation sites is 1. The van der Waals surface area contributed by atoms with Gasteiger partial charge in [0.15, 0.2) is 0 Å². The summed E-state index contributed by atoms with van der Waals surface area (Å²) in [5, 5.41) is 12.0. The molecule has 2 amide bonds. The highest BCUT2D eigenvalue weighted by molar-refractivity contribution is 7.12. The van der Waals surface area contributed by atoms with E-state index in [4.69, 9.17) is 14.7 Å². The van der Waals surface area contributed by atoms with Crippen LogP contribution in [-0.4, -0.2) is 60.0 Å². The number of esters is 1. The number of aryl methyl sites for hydroxylation is 1. The maximum absolute atomic E-state index is 13.1. The lowest BCUT2D eigenvalue weighted by Gasteiger charge is -2.35. The largest absolute Gasteiger partial charge is 0.465 e. The highest BCUT2D eigenvalue weighted by atomic mass is 32.1. The summed E-state index contributed by atoms with van der Waals surface area (Å²) >= 11 is 1.20. The van der Waals surface area contributed by atoms with Gasteiger partial charge in [0, 0.05) is 24.5 Å². The van der Waals surface area contributed by atoms with Crippen LogP contribution in [0.3, 0.4) is 0 Å². The number of nitrogens with zero attached hydrogens (tertiary/aromatic N) is 3. The summed E-state index contributed by atoms with van der Waals surface area (Å²) in [4.78, 5) is 49.9. The first-order valence-corrected chi connectivity index (χ1v) is 13.4. The molecule has 0 radical (unpaired) electrons. The fraction of sp³-hybridized carbons (Fsp3) is 0.423. The minimum atomic E-state index is -0.797. The second-order valence-corrected chi connectivity index (χ2v) is 10.3. The SMILES string of the molecule is COC(=O)c1scc(C)c1NC(=O)CC1C(=O)NCCN1c1nc(NC2CCCC2)c2ccccc2n1.